The summed E-state index contributed by atoms with van der Waals surface area (Å²) in [6.07, 6.45) is -0.417. The van der Waals surface area contributed by atoms with E-state index in [2.05, 4.69) is 10.2 Å². The van der Waals surface area contributed by atoms with Crippen molar-refractivity contribution in [2.75, 3.05) is 19.5 Å². The quantitative estimate of drug-likeness (QED) is 0.495. The summed E-state index contributed by atoms with van der Waals surface area (Å²) in [5.74, 6) is 1.81. The van der Waals surface area contributed by atoms with Crippen molar-refractivity contribution in [2.24, 2.45) is 0 Å². The Kier molecular flexibility index (Phi) is 4.97. The Balaban J connectivity index is 1.68. The van der Waals surface area contributed by atoms with Crippen molar-refractivity contribution < 1.29 is 19.0 Å². The molecule has 27 heavy (non-hydrogen) atoms. The van der Waals surface area contributed by atoms with E-state index >= 15 is 0 Å². The SMILES string of the molecule is COC(=O)CSc1nnc([C@@H]2COc3ccccc3O2)n1-c1ccccc1. The summed E-state index contributed by atoms with van der Waals surface area (Å²) < 4.78 is 18.5. The van der Waals surface area contributed by atoms with Gasteiger partial charge in [-0.2, -0.15) is 0 Å². The van der Waals surface area contributed by atoms with E-state index < -0.39 is 6.10 Å². The van der Waals surface area contributed by atoms with Gasteiger partial charge in [-0.05, 0) is 24.3 Å². The highest BCUT2D eigenvalue weighted by molar-refractivity contribution is 7.99. The fourth-order valence-corrected chi connectivity index (χ4v) is 3.52. The lowest BCUT2D eigenvalue weighted by molar-refractivity contribution is -0.137. The zero-order valence-corrected chi connectivity index (χ0v) is 15.4. The molecule has 7 nitrogen and oxygen atoms in total. The summed E-state index contributed by atoms with van der Waals surface area (Å²) in [5.41, 5.74) is 0.882. The van der Waals surface area contributed by atoms with Crippen molar-refractivity contribution in [1.29, 1.82) is 0 Å². The minimum Gasteiger partial charge on any atom is -0.485 e. The van der Waals surface area contributed by atoms with Crippen molar-refractivity contribution in [3.63, 3.8) is 0 Å². The Hall–Kier alpha value is -3.00. The Labute approximate surface area is 160 Å². The topological polar surface area (TPSA) is 75.5 Å². The summed E-state index contributed by atoms with van der Waals surface area (Å²) in [6, 6.07) is 17.2. The molecule has 0 fully saturated rings. The number of methoxy groups -OCH3 is 1. The van der Waals surface area contributed by atoms with Gasteiger partial charge in [-0.15, -0.1) is 10.2 Å². The Morgan fingerprint density at radius 3 is 2.67 bits per heavy atom. The van der Waals surface area contributed by atoms with Gasteiger partial charge >= 0.3 is 5.97 Å². The molecule has 2 aromatic carbocycles. The van der Waals surface area contributed by atoms with Gasteiger partial charge in [0.25, 0.3) is 0 Å². The van der Waals surface area contributed by atoms with Crippen LogP contribution in [0.2, 0.25) is 0 Å². The van der Waals surface area contributed by atoms with E-state index in [-0.39, 0.29) is 11.7 Å². The van der Waals surface area contributed by atoms with Gasteiger partial charge in [0.2, 0.25) is 0 Å². The first-order valence-corrected chi connectivity index (χ1v) is 9.33. The van der Waals surface area contributed by atoms with E-state index in [4.69, 9.17) is 14.2 Å². The molecule has 1 aliphatic rings. The molecule has 8 heteroatoms. The molecule has 1 aliphatic heterocycles. The van der Waals surface area contributed by atoms with E-state index in [9.17, 15) is 4.79 Å². The van der Waals surface area contributed by atoms with Gasteiger partial charge < -0.3 is 14.2 Å². The number of hydrogen-bond donors (Lipinski definition) is 0. The average molecular weight is 383 g/mol. The summed E-state index contributed by atoms with van der Waals surface area (Å²) in [7, 11) is 1.36. The molecule has 0 saturated carbocycles. The number of para-hydroxylation sites is 3. The normalized spacial score (nSPS) is 15.4. The number of benzene rings is 2. The second kappa shape index (κ2) is 7.71. The second-order valence-electron chi connectivity index (χ2n) is 5.74. The van der Waals surface area contributed by atoms with Crippen LogP contribution in [0, 0.1) is 0 Å². The lowest BCUT2D eigenvalue weighted by atomic mass is 10.2. The van der Waals surface area contributed by atoms with Crippen molar-refractivity contribution in [3.8, 4) is 17.2 Å². The van der Waals surface area contributed by atoms with Gasteiger partial charge in [-0.3, -0.25) is 9.36 Å². The standard InChI is InChI=1S/C19H17N3O4S/c1-24-17(23)12-27-19-21-20-18(22(19)13-7-3-2-4-8-13)16-11-25-14-9-5-6-10-15(14)26-16/h2-10,16H,11-12H2,1H3/t16-/m0/s1. The van der Waals surface area contributed by atoms with Crippen molar-refractivity contribution >= 4 is 17.7 Å². The molecule has 0 amide bonds. The fourth-order valence-electron chi connectivity index (χ4n) is 2.73. The number of hydrogen-bond acceptors (Lipinski definition) is 7. The van der Waals surface area contributed by atoms with Crippen LogP contribution < -0.4 is 9.47 Å². The number of ether oxygens (including phenoxy) is 3. The van der Waals surface area contributed by atoms with Gasteiger partial charge in [0.05, 0.1) is 12.9 Å². The fraction of sp³-hybridized carbons (Fsp3) is 0.211. The van der Waals surface area contributed by atoms with E-state index in [0.717, 1.165) is 5.69 Å². The van der Waals surface area contributed by atoms with Crippen molar-refractivity contribution in [2.45, 2.75) is 11.3 Å². The number of thioether (sulfide) groups is 1. The first-order chi connectivity index (χ1) is 13.3. The molecule has 4 rings (SSSR count). The van der Waals surface area contributed by atoms with Crippen LogP contribution in [0.4, 0.5) is 0 Å². The third-order valence-corrected chi connectivity index (χ3v) is 4.92. The monoisotopic (exact) mass is 383 g/mol. The molecule has 0 saturated heterocycles. The third-order valence-electron chi connectivity index (χ3n) is 4.02. The third kappa shape index (κ3) is 3.61. The van der Waals surface area contributed by atoms with Gasteiger partial charge in [0.15, 0.2) is 28.6 Å². The molecule has 0 unspecified atom stereocenters. The predicted molar refractivity (Wildman–Crippen MR) is 99.4 cm³/mol. The number of nitrogens with zero attached hydrogens (tertiary/aromatic N) is 3. The van der Waals surface area contributed by atoms with Crippen LogP contribution in [-0.2, 0) is 9.53 Å². The lowest BCUT2D eigenvalue weighted by Crippen LogP contribution is -2.24. The van der Waals surface area contributed by atoms with Gasteiger partial charge in [0.1, 0.15) is 6.61 Å². The number of rotatable bonds is 5. The molecule has 0 aliphatic carbocycles. The molecule has 2 heterocycles. The smallest absolute Gasteiger partial charge is 0.316 e. The number of carbonyl (C=O) groups excluding carboxylic acids is 1. The molecule has 1 aromatic heterocycles. The largest absolute Gasteiger partial charge is 0.485 e. The number of aromatic nitrogens is 3. The van der Waals surface area contributed by atoms with Gasteiger partial charge in [0, 0.05) is 5.69 Å². The maximum Gasteiger partial charge on any atom is 0.316 e. The van der Waals surface area contributed by atoms with Crippen LogP contribution in [0.5, 0.6) is 11.5 Å². The van der Waals surface area contributed by atoms with Crippen molar-refractivity contribution in [1.82, 2.24) is 14.8 Å². The first kappa shape index (κ1) is 17.4. The van der Waals surface area contributed by atoms with Gasteiger partial charge in [-0.1, -0.05) is 42.1 Å². The predicted octanol–water partition coefficient (Wildman–Crippen LogP) is 3.04. The van der Waals surface area contributed by atoms with E-state index in [1.165, 1.54) is 18.9 Å². The molecular formula is C19H17N3O4S. The van der Waals surface area contributed by atoms with E-state index in [1.807, 2.05) is 59.2 Å². The number of esters is 1. The maximum atomic E-state index is 11.5. The minimum atomic E-state index is -0.417. The van der Waals surface area contributed by atoms with Crippen LogP contribution in [-0.4, -0.2) is 40.2 Å². The van der Waals surface area contributed by atoms with Crippen LogP contribution in [0.1, 0.15) is 11.9 Å². The molecule has 0 bridgehead atoms. The molecule has 0 N–H and O–H groups in total. The van der Waals surface area contributed by atoms with Crippen LogP contribution in [0.15, 0.2) is 59.8 Å². The molecule has 0 radical (unpaired) electrons. The number of fused-ring (bicyclic) bond motifs is 1. The highest BCUT2D eigenvalue weighted by Gasteiger charge is 2.29. The summed E-state index contributed by atoms with van der Waals surface area (Å²) >= 11 is 1.26. The Morgan fingerprint density at radius 2 is 1.89 bits per heavy atom. The van der Waals surface area contributed by atoms with Crippen molar-refractivity contribution in [3.05, 3.63) is 60.4 Å². The zero-order chi connectivity index (χ0) is 18.6. The summed E-state index contributed by atoms with van der Waals surface area (Å²) in [4.78, 5) is 11.5. The highest BCUT2D eigenvalue weighted by atomic mass is 32.2. The van der Waals surface area contributed by atoms with E-state index in [1.54, 1.807) is 0 Å². The average Bonchev–Trinajstić information content (AvgIpc) is 3.16. The molecule has 138 valence electrons. The highest BCUT2D eigenvalue weighted by Crippen LogP contribution is 2.36. The lowest BCUT2D eigenvalue weighted by Gasteiger charge is -2.26. The first-order valence-electron chi connectivity index (χ1n) is 8.35. The minimum absolute atomic E-state index is 0.145. The molecule has 0 spiro atoms. The van der Waals surface area contributed by atoms with Gasteiger partial charge in [-0.25, -0.2) is 0 Å². The summed E-state index contributed by atoms with van der Waals surface area (Å²) in [5, 5.41) is 9.18. The summed E-state index contributed by atoms with van der Waals surface area (Å²) in [6.45, 7) is 0.323. The Bertz CT molecular complexity index is 945. The van der Waals surface area contributed by atoms with Crippen LogP contribution in [0.3, 0.4) is 0 Å². The van der Waals surface area contributed by atoms with E-state index in [0.29, 0.717) is 29.1 Å². The maximum absolute atomic E-state index is 11.5. The molecule has 3 aromatic rings. The zero-order valence-electron chi connectivity index (χ0n) is 14.6. The Morgan fingerprint density at radius 1 is 1.15 bits per heavy atom. The number of carbonyl (C=O) groups is 1. The molecular weight excluding hydrogens is 366 g/mol. The van der Waals surface area contributed by atoms with Crippen LogP contribution >= 0.6 is 11.8 Å². The van der Waals surface area contributed by atoms with Crippen LogP contribution in [0.25, 0.3) is 5.69 Å². The molecule has 1 atom stereocenters. The second-order valence-corrected chi connectivity index (χ2v) is 6.68.